The largest absolute Gasteiger partial charge is 0.366 e. The van der Waals surface area contributed by atoms with Gasteiger partial charge in [-0.15, -0.1) is 0 Å². The Labute approximate surface area is 263 Å². The molecule has 1 fully saturated rings. The Morgan fingerprint density at radius 1 is 0.844 bits per heavy atom. The van der Waals surface area contributed by atoms with Crippen molar-refractivity contribution in [3.8, 4) is 11.3 Å². The zero-order valence-corrected chi connectivity index (χ0v) is 25.6. The van der Waals surface area contributed by atoms with Gasteiger partial charge in [-0.25, -0.2) is 4.39 Å². The zero-order valence-electron chi connectivity index (χ0n) is 25.6. The first-order valence-electron chi connectivity index (χ1n) is 15.8. The minimum Gasteiger partial charge on any atom is -0.366 e. The van der Waals surface area contributed by atoms with Crippen LogP contribution in [0.25, 0.3) is 22.2 Å². The van der Waals surface area contributed by atoms with Gasteiger partial charge in [0.05, 0.1) is 17.4 Å². The molecule has 4 aromatic carbocycles. The summed E-state index contributed by atoms with van der Waals surface area (Å²) >= 11 is 0. The van der Waals surface area contributed by atoms with Crippen LogP contribution in [-0.2, 0) is 4.79 Å². The van der Waals surface area contributed by atoms with Gasteiger partial charge in [-0.05, 0) is 47.7 Å². The first kappa shape index (κ1) is 28.8. The second-order valence-electron chi connectivity index (χ2n) is 12.4. The lowest BCUT2D eigenvalue weighted by Gasteiger charge is -2.41. The highest BCUT2D eigenvalue weighted by atomic mass is 19.1. The molecular formula is C38H37FN4O2. The maximum absolute atomic E-state index is 14.6. The number of carbonyl (C=O) groups excluding carboxylic acids is 2. The second-order valence-corrected chi connectivity index (χ2v) is 12.4. The second kappa shape index (κ2) is 11.9. The summed E-state index contributed by atoms with van der Waals surface area (Å²) in [5.41, 5.74) is 6.07. The molecule has 1 aromatic heterocycles. The Bertz CT molecular complexity index is 1860. The molecule has 2 amide bonds. The Morgan fingerprint density at radius 2 is 1.51 bits per heavy atom. The Kier molecular flexibility index (Phi) is 7.61. The summed E-state index contributed by atoms with van der Waals surface area (Å²) in [6.45, 7) is 6.17. The summed E-state index contributed by atoms with van der Waals surface area (Å²) in [5.74, 6) is -0.258. The number of rotatable bonds is 7. The van der Waals surface area contributed by atoms with Crippen LogP contribution in [-0.4, -0.2) is 58.8 Å². The maximum Gasteiger partial charge on any atom is 0.255 e. The van der Waals surface area contributed by atoms with Crippen molar-refractivity contribution in [1.82, 2.24) is 14.8 Å². The van der Waals surface area contributed by atoms with Gasteiger partial charge >= 0.3 is 0 Å². The van der Waals surface area contributed by atoms with Gasteiger partial charge in [0.25, 0.3) is 5.91 Å². The van der Waals surface area contributed by atoms with Gasteiger partial charge < -0.3 is 19.7 Å². The van der Waals surface area contributed by atoms with Crippen LogP contribution in [0.2, 0.25) is 0 Å². The number of hydrogen-bond donors (Lipinski definition) is 1. The fourth-order valence-electron chi connectivity index (χ4n) is 7.10. The Balaban J connectivity index is 1.31. The van der Waals surface area contributed by atoms with Crippen molar-refractivity contribution in [2.45, 2.75) is 32.4 Å². The molecule has 1 saturated heterocycles. The van der Waals surface area contributed by atoms with Crippen LogP contribution in [0.3, 0.4) is 0 Å². The van der Waals surface area contributed by atoms with Crippen LogP contribution < -0.4 is 4.90 Å². The molecule has 2 atom stereocenters. The third kappa shape index (κ3) is 5.16. The van der Waals surface area contributed by atoms with E-state index in [1.54, 1.807) is 12.1 Å². The summed E-state index contributed by atoms with van der Waals surface area (Å²) in [6, 6.07) is 31.8. The van der Waals surface area contributed by atoms with Crippen molar-refractivity contribution in [2.24, 2.45) is 5.92 Å². The van der Waals surface area contributed by atoms with Gasteiger partial charge in [-0.2, -0.15) is 0 Å². The van der Waals surface area contributed by atoms with E-state index in [4.69, 9.17) is 0 Å². The highest BCUT2D eigenvalue weighted by Crippen LogP contribution is 2.47. The lowest BCUT2D eigenvalue weighted by molar-refractivity contribution is -0.137. The molecule has 0 saturated carbocycles. The van der Waals surface area contributed by atoms with Gasteiger partial charge in [-0.1, -0.05) is 92.7 Å². The third-order valence-corrected chi connectivity index (χ3v) is 9.18. The molecule has 3 heterocycles. The van der Waals surface area contributed by atoms with Gasteiger partial charge in [-0.3, -0.25) is 9.59 Å². The number of aromatic nitrogens is 1. The van der Waals surface area contributed by atoms with E-state index in [1.807, 2.05) is 75.4 Å². The number of nitrogens with zero attached hydrogens (tertiary/aromatic N) is 3. The molecule has 0 spiro atoms. The first-order chi connectivity index (χ1) is 21.9. The number of amides is 2. The zero-order chi connectivity index (χ0) is 31.1. The third-order valence-electron chi connectivity index (χ3n) is 9.18. The molecular weight excluding hydrogens is 563 g/mol. The van der Waals surface area contributed by atoms with Crippen LogP contribution in [0.1, 0.15) is 47.8 Å². The molecule has 0 radical (unpaired) electrons. The van der Waals surface area contributed by atoms with Crippen molar-refractivity contribution in [3.63, 3.8) is 0 Å². The number of piperazine rings is 1. The molecule has 228 valence electrons. The first-order valence-corrected chi connectivity index (χ1v) is 15.8. The lowest BCUT2D eigenvalue weighted by Crippen LogP contribution is -2.56. The SMILES string of the molecule is CC(C)CC(C(=O)N1CCN(c2ccccc2F)CC1)N1C(=O)c2ccccc2C1c1c(-c2ccccc2)[nH]c2ccccc12. The van der Waals surface area contributed by atoms with E-state index in [1.165, 1.54) is 6.07 Å². The fourth-order valence-corrected chi connectivity index (χ4v) is 7.10. The molecule has 2 aliphatic heterocycles. The number of carbonyl (C=O) groups is 2. The Morgan fingerprint density at radius 3 is 2.27 bits per heavy atom. The number of aromatic amines is 1. The molecule has 6 nitrogen and oxygen atoms in total. The number of fused-ring (bicyclic) bond motifs is 2. The number of H-pyrrole nitrogens is 1. The standard InChI is InChI=1S/C38H37FN4O2/c1-25(2)24-33(38(45)42-22-20-41(21-23-42)32-19-11-9-17-30(32)39)43-36(27-14-6-7-15-28(27)37(43)44)34-29-16-8-10-18-31(29)40-35(34)26-12-4-3-5-13-26/h3-19,25,33,36,40H,20-24H2,1-2H3. The molecule has 1 N–H and O–H groups in total. The van der Waals surface area contributed by atoms with E-state index in [-0.39, 0.29) is 23.5 Å². The lowest BCUT2D eigenvalue weighted by atomic mass is 9.91. The van der Waals surface area contributed by atoms with E-state index >= 15 is 0 Å². The number of anilines is 1. The van der Waals surface area contributed by atoms with Gasteiger partial charge in [0.2, 0.25) is 5.91 Å². The Hall–Kier alpha value is -4.91. The average Bonchev–Trinajstić information content (AvgIpc) is 3.59. The van der Waals surface area contributed by atoms with E-state index in [0.29, 0.717) is 43.9 Å². The number of benzene rings is 4. The molecule has 7 rings (SSSR count). The average molecular weight is 601 g/mol. The maximum atomic E-state index is 14.6. The summed E-state index contributed by atoms with van der Waals surface area (Å²) in [7, 11) is 0. The van der Waals surface area contributed by atoms with Crippen LogP contribution in [0.5, 0.6) is 0 Å². The smallest absolute Gasteiger partial charge is 0.255 e. The summed E-state index contributed by atoms with van der Waals surface area (Å²) in [5, 5.41) is 1.03. The molecule has 2 unspecified atom stereocenters. The number of para-hydroxylation sites is 2. The summed E-state index contributed by atoms with van der Waals surface area (Å²) < 4.78 is 14.6. The summed E-state index contributed by atoms with van der Waals surface area (Å²) in [6.07, 6.45) is 0.533. The highest BCUT2D eigenvalue weighted by Gasteiger charge is 2.47. The minimum absolute atomic E-state index is 0.0517. The van der Waals surface area contributed by atoms with E-state index in [9.17, 15) is 14.0 Å². The van der Waals surface area contributed by atoms with Gasteiger partial charge in [0.15, 0.2) is 0 Å². The van der Waals surface area contributed by atoms with Crippen molar-refractivity contribution in [1.29, 1.82) is 0 Å². The normalized spacial score (nSPS) is 17.3. The molecule has 45 heavy (non-hydrogen) atoms. The molecule has 2 aliphatic rings. The number of hydrogen-bond acceptors (Lipinski definition) is 3. The van der Waals surface area contributed by atoms with E-state index in [0.717, 1.165) is 33.3 Å². The van der Waals surface area contributed by atoms with Crippen molar-refractivity contribution in [2.75, 3.05) is 31.1 Å². The van der Waals surface area contributed by atoms with E-state index in [2.05, 4.69) is 43.1 Å². The topological polar surface area (TPSA) is 59.7 Å². The molecule has 0 bridgehead atoms. The summed E-state index contributed by atoms with van der Waals surface area (Å²) in [4.78, 5) is 38.4. The van der Waals surface area contributed by atoms with Crippen LogP contribution in [0.4, 0.5) is 10.1 Å². The van der Waals surface area contributed by atoms with Crippen LogP contribution >= 0.6 is 0 Å². The van der Waals surface area contributed by atoms with Crippen molar-refractivity contribution >= 4 is 28.4 Å². The predicted molar refractivity (Wildman–Crippen MR) is 177 cm³/mol. The molecule has 7 heteroatoms. The number of nitrogens with one attached hydrogen (secondary N) is 1. The highest BCUT2D eigenvalue weighted by molar-refractivity contribution is 6.04. The van der Waals surface area contributed by atoms with Crippen molar-refractivity contribution in [3.05, 3.63) is 126 Å². The monoisotopic (exact) mass is 600 g/mol. The van der Waals surface area contributed by atoms with Gasteiger partial charge in [0.1, 0.15) is 11.9 Å². The number of halogens is 1. The van der Waals surface area contributed by atoms with Gasteiger partial charge in [0, 0.05) is 48.2 Å². The predicted octanol–water partition coefficient (Wildman–Crippen LogP) is 7.28. The van der Waals surface area contributed by atoms with Crippen molar-refractivity contribution < 1.29 is 14.0 Å². The minimum atomic E-state index is -0.660. The quantitative estimate of drug-likeness (QED) is 0.214. The molecule has 5 aromatic rings. The van der Waals surface area contributed by atoms with Crippen LogP contribution in [0, 0.1) is 11.7 Å². The molecule has 0 aliphatic carbocycles. The van der Waals surface area contributed by atoms with Crippen LogP contribution in [0.15, 0.2) is 103 Å². The fraction of sp³-hybridized carbons (Fsp3) is 0.263. The van der Waals surface area contributed by atoms with E-state index < -0.39 is 12.1 Å².